The topological polar surface area (TPSA) is 77.0 Å². The van der Waals surface area contributed by atoms with Gasteiger partial charge in [-0.05, 0) is 77.5 Å². The van der Waals surface area contributed by atoms with Crippen LogP contribution in [0.1, 0.15) is 33.2 Å². The Morgan fingerprint density at radius 1 is 1.00 bits per heavy atom. The Balaban J connectivity index is 1.71. The van der Waals surface area contributed by atoms with E-state index >= 15 is 0 Å². The number of carbonyl (C=O) groups is 2. The Kier molecular flexibility index (Phi) is 7.56. The highest BCUT2D eigenvalue weighted by atomic mass is 127. The predicted octanol–water partition coefficient (Wildman–Crippen LogP) is 4.67. The van der Waals surface area contributed by atoms with Crippen LogP contribution in [0.15, 0.2) is 77.9 Å². The smallest absolute Gasteiger partial charge is 0.343 e. The van der Waals surface area contributed by atoms with Crippen LogP contribution >= 0.6 is 22.6 Å². The zero-order valence-corrected chi connectivity index (χ0v) is 18.3. The normalized spacial score (nSPS) is 10.6. The largest absolute Gasteiger partial charge is 0.490 e. The van der Waals surface area contributed by atoms with E-state index in [1.54, 1.807) is 54.6 Å². The van der Waals surface area contributed by atoms with E-state index in [0.717, 1.165) is 3.57 Å². The second-order valence-corrected chi connectivity index (χ2v) is 7.24. The van der Waals surface area contributed by atoms with Gasteiger partial charge in [0.25, 0.3) is 5.91 Å². The van der Waals surface area contributed by atoms with E-state index in [9.17, 15) is 9.59 Å². The van der Waals surface area contributed by atoms with Crippen LogP contribution in [0, 0.1) is 3.57 Å². The molecular formula is C23H19IN2O4. The van der Waals surface area contributed by atoms with Crippen molar-refractivity contribution < 1.29 is 19.1 Å². The number of hydrogen-bond donors (Lipinski definition) is 1. The van der Waals surface area contributed by atoms with Gasteiger partial charge < -0.3 is 9.47 Å². The van der Waals surface area contributed by atoms with Gasteiger partial charge in [0.15, 0.2) is 11.5 Å². The van der Waals surface area contributed by atoms with Crippen molar-refractivity contribution in [2.75, 3.05) is 6.61 Å². The van der Waals surface area contributed by atoms with E-state index in [-0.39, 0.29) is 5.91 Å². The standard InChI is InChI=1S/C23H19IN2O4/c1-2-29-21-14-16(15-25-26-22(27)18-10-6-7-11-19(18)24)12-13-20(21)30-23(28)17-8-4-3-5-9-17/h3-15H,2H2,1H3,(H,26,27)/b25-15+. The number of rotatable bonds is 7. The molecule has 0 aliphatic heterocycles. The maximum Gasteiger partial charge on any atom is 0.343 e. The first-order chi connectivity index (χ1) is 14.6. The highest BCUT2D eigenvalue weighted by Crippen LogP contribution is 2.29. The molecule has 30 heavy (non-hydrogen) atoms. The van der Waals surface area contributed by atoms with Crippen molar-refractivity contribution in [1.82, 2.24) is 5.43 Å². The summed E-state index contributed by atoms with van der Waals surface area (Å²) in [4.78, 5) is 24.5. The number of hydrazone groups is 1. The average Bonchev–Trinajstić information content (AvgIpc) is 2.76. The first kappa shape index (κ1) is 21.5. The molecule has 0 unspecified atom stereocenters. The molecule has 0 bridgehead atoms. The second kappa shape index (κ2) is 10.5. The van der Waals surface area contributed by atoms with E-state index in [2.05, 4.69) is 33.1 Å². The van der Waals surface area contributed by atoms with E-state index in [1.165, 1.54) is 6.21 Å². The fraction of sp³-hybridized carbons (Fsp3) is 0.0870. The molecule has 0 saturated heterocycles. The molecule has 0 aliphatic carbocycles. The lowest BCUT2D eigenvalue weighted by Gasteiger charge is -2.11. The highest BCUT2D eigenvalue weighted by molar-refractivity contribution is 14.1. The Hall–Kier alpha value is -3.20. The van der Waals surface area contributed by atoms with E-state index in [1.807, 2.05) is 25.1 Å². The van der Waals surface area contributed by atoms with Crippen molar-refractivity contribution in [3.63, 3.8) is 0 Å². The molecule has 0 aliphatic rings. The first-order valence-electron chi connectivity index (χ1n) is 9.20. The van der Waals surface area contributed by atoms with Crippen LogP contribution in [0.25, 0.3) is 0 Å². The van der Waals surface area contributed by atoms with Crippen molar-refractivity contribution in [3.8, 4) is 11.5 Å². The SMILES string of the molecule is CCOc1cc(/C=N/NC(=O)c2ccccc2I)ccc1OC(=O)c1ccccc1. The number of nitrogens with zero attached hydrogens (tertiary/aromatic N) is 1. The third kappa shape index (κ3) is 5.66. The maximum atomic E-state index is 12.3. The third-order valence-electron chi connectivity index (χ3n) is 3.98. The molecule has 0 spiro atoms. The molecule has 0 radical (unpaired) electrons. The monoisotopic (exact) mass is 514 g/mol. The molecule has 1 N–H and O–H groups in total. The molecule has 6 nitrogen and oxygen atoms in total. The molecule has 3 aromatic rings. The molecule has 0 fully saturated rings. The van der Waals surface area contributed by atoms with Crippen LogP contribution in [0.5, 0.6) is 11.5 Å². The summed E-state index contributed by atoms with van der Waals surface area (Å²) in [5.74, 6) is -0.0437. The van der Waals surface area contributed by atoms with E-state index < -0.39 is 5.97 Å². The summed E-state index contributed by atoms with van der Waals surface area (Å²) >= 11 is 2.10. The van der Waals surface area contributed by atoms with Gasteiger partial charge >= 0.3 is 5.97 Å². The summed E-state index contributed by atoms with van der Waals surface area (Å²) < 4.78 is 11.9. The van der Waals surface area contributed by atoms with Crippen molar-refractivity contribution in [3.05, 3.63) is 93.1 Å². The van der Waals surface area contributed by atoms with Gasteiger partial charge in [-0.2, -0.15) is 5.10 Å². The fourth-order valence-electron chi connectivity index (χ4n) is 2.56. The quantitative estimate of drug-likeness (QED) is 0.164. The molecule has 0 aromatic heterocycles. The average molecular weight is 514 g/mol. The van der Waals surface area contributed by atoms with Crippen molar-refractivity contribution in [1.29, 1.82) is 0 Å². The zero-order chi connectivity index (χ0) is 21.3. The Labute approximate surface area is 188 Å². The number of carbonyl (C=O) groups excluding carboxylic acids is 2. The van der Waals surface area contributed by atoms with Crippen LogP contribution in [0.2, 0.25) is 0 Å². The second-order valence-electron chi connectivity index (χ2n) is 6.07. The van der Waals surface area contributed by atoms with E-state index in [0.29, 0.717) is 34.8 Å². The van der Waals surface area contributed by atoms with Gasteiger partial charge in [0.1, 0.15) is 0 Å². The van der Waals surface area contributed by atoms with Crippen LogP contribution in [-0.4, -0.2) is 24.7 Å². The Bertz CT molecular complexity index is 1070. The summed E-state index contributed by atoms with van der Waals surface area (Å²) in [6.45, 7) is 2.24. The van der Waals surface area contributed by atoms with Gasteiger partial charge in [0, 0.05) is 3.57 Å². The lowest BCUT2D eigenvalue weighted by atomic mass is 10.2. The lowest BCUT2D eigenvalue weighted by molar-refractivity contribution is 0.0728. The van der Waals surface area contributed by atoms with Gasteiger partial charge in [-0.3, -0.25) is 4.79 Å². The minimum atomic E-state index is -0.470. The molecule has 1 amide bonds. The molecule has 0 saturated carbocycles. The predicted molar refractivity (Wildman–Crippen MR) is 123 cm³/mol. The number of nitrogens with one attached hydrogen (secondary N) is 1. The van der Waals surface area contributed by atoms with Gasteiger partial charge in [-0.25, -0.2) is 10.2 Å². The van der Waals surface area contributed by atoms with Crippen LogP contribution in [0.4, 0.5) is 0 Å². The van der Waals surface area contributed by atoms with Crippen molar-refractivity contribution in [2.45, 2.75) is 6.92 Å². The van der Waals surface area contributed by atoms with Crippen LogP contribution in [-0.2, 0) is 0 Å². The zero-order valence-electron chi connectivity index (χ0n) is 16.2. The Morgan fingerprint density at radius 2 is 1.73 bits per heavy atom. The summed E-state index contributed by atoms with van der Waals surface area (Å²) in [7, 11) is 0. The van der Waals surface area contributed by atoms with Crippen molar-refractivity contribution in [2.24, 2.45) is 5.10 Å². The first-order valence-corrected chi connectivity index (χ1v) is 10.3. The minimum Gasteiger partial charge on any atom is -0.490 e. The lowest BCUT2D eigenvalue weighted by Crippen LogP contribution is -2.18. The molecule has 3 rings (SSSR count). The van der Waals surface area contributed by atoms with Gasteiger partial charge in [0.05, 0.1) is 23.9 Å². The molecule has 7 heteroatoms. The molecule has 3 aromatic carbocycles. The maximum absolute atomic E-state index is 12.3. The summed E-state index contributed by atoms with van der Waals surface area (Å²) in [6, 6.07) is 21.0. The number of hydrogen-bond acceptors (Lipinski definition) is 5. The highest BCUT2D eigenvalue weighted by Gasteiger charge is 2.13. The summed E-state index contributed by atoms with van der Waals surface area (Å²) in [5, 5.41) is 4.01. The van der Waals surface area contributed by atoms with Crippen LogP contribution < -0.4 is 14.9 Å². The number of benzene rings is 3. The number of halogens is 1. The van der Waals surface area contributed by atoms with Gasteiger partial charge in [-0.15, -0.1) is 0 Å². The van der Waals surface area contributed by atoms with Gasteiger partial charge in [-0.1, -0.05) is 30.3 Å². The summed E-state index contributed by atoms with van der Waals surface area (Å²) in [6.07, 6.45) is 1.50. The molecular weight excluding hydrogens is 495 g/mol. The minimum absolute atomic E-state index is 0.297. The van der Waals surface area contributed by atoms with Crippen LogP contribution in [0.3, 0.4) is 0 Å². The number of esters is 1. The molecule has 0 atom stereocenters. The number of amides is 1. The number of ether oxygens (including phenoxy) is 2. The Morgan fingerprint density at radius 3 is 2.47 bits per heavy atom. The molecule has 152 valence electrons. The van der Waals surface area contributed by atoms with E-state index in [4.69, 9.17) is 9.47 Å². The fourth-order valence-corrected chi connectivity index (χ4v) is 3.19. The molecule has 0 heterocycles. The van der Waals surface area contributed by atoms with Crippen molar-refractivity contribution >= 4 is 40.7 Å². The van der Waals surface area contributed by atoms with Gasteiger partial charge in [0.2, 0.25) is 0 Å². The third-order valence-corrected chi connectivity index (χ3v) is 4.92. The summed E-state index contributed by atoms with van der Waals surface area (Å²) in [5.41, 5.74) is 4.19.